The fourth-order valence-electron chi connectivity index (χ4n) is 1.24. The molecule has 0 amide bonds. The minimum absolute atomic E-state index is 0.138. The third-order valence-electron chi connectivity index (χ3n) is 2.44. The first-order chi connectivity index (χ1) is 6.88. The molecule has 0 saturated heterocycles. The molecule has 0 atom stereocenters. The van der Waals surface area contributed by atoms with E-state index in [4.69, 9.17) is 5.11 Å². The molecule has 0 aliphatic heterocycles. The van der Waals surface area contributed by atoms with E-state index >= 15 is 0 Å². The maximum atomic E-state index is 12.5. The van der Waals surface area contributed by atoms with Gasteiger partial charge in [-0.1, -0.05) is 19.9 Å². The molecule has 0 aliphatic rings. The van der Waals surface area contributed by atoms with Crippen molar-refractivity contribution in [1.29, 1.82) is 0 Å². The Morgan fingerprint density at radius 1 is 1.33 bits per heavy atom. The molecule has 2 N–H and O–H groups in total. The van der Waals surface area contributed by atoms with Gasteiger partial charge in [-0.15, -0.1) is 0 Å². The molecule has 0 fully saturated rings. The quantitative estimate of drug-likeness (QED) is 0.815. The number of phenols is 1. The van der Waals surface area contributed by atoms with Crippen molar-refractivity contribution in [2.24, 2.45) is 0 Å². The number of aliphatic hydroxyl groups is 1. The van der Waals surface area contributed by atoms with Crippen molar-refractivity contribution < 1.29 is 19.0 Å². The Bertz CT molecular complexity index is 348. The van der Waals surface area contributed by atoms with E-state index in [0.717, 1.165) is 0 Å². The first-order valence-corrected chi connectivity index (χ1v) is 4.61. The second kappa shape index (κ2) is 4.14. The molecule has 0 heterocycles. The standard InChI is InChI=1S/C11H14F2O2/c1-11(2,6-14)7-3-4-9(15)8(5-7)10(12)13/h3-5,10,14-15H,6H2,1-2H3. The lowest BCUT2D eigenvalue weighted by atomic mass is 9.85. The number of phenolic OH excluding ortho intramolecular Hbond substituents is 1. The monoisotopic (exact) mass is 216 g/mol. The van der Waals surface area contributed by atoms with Gasteiger partial charge >= 0.3 is 0 Å². The van der Waals surface area contributed by atoms with E-state index in [9.17, 15) is 13.9 Å². The molecule has 0 saturated carbocycles. The number of aliphatic hydroxyl groups excluding tert-OH is 1. The van der Waals surface area contributed by atoms with Gasteiger partial charge in [0, 0.05) is 5.41 Å². The van der Waals surface area contributed by atoms with Crippen molar-refractivity contribution in [2.45, 2.75) is 25.7 Å². The number of halogens is 2. The zero-order valence-electron chi connectivity index (χ0n) is 8.67. The Morgan fingerprint density at radius 2 is 1.93 bits per heavy atom. The summed E-state index contributed by atoms with van der Waals surface area (Å²) in [5.41, 5.74) is -0.399. The van der Waals surface area contributed by atoms with Gasteiger partial charge in [0.1, 0.15) is 5.75 Å². The van der Waals surface area contributed by atoms with Crippen molar-refractivity contribution >= 4 is 0 Å². The minimum atomic E-state index is -2.71. The molecule has 0 aromatic heterocycles. The van der Waals surface area contributed by atoms with Gasteiger partial charge in [0.05, 0.1) is 12.2 Å². The maximum Gasteiger partial charge on any atom is 0.267 e. The normalized spacial score (nSPS) is 12.1. The van der Waals surface area contributed by atoms with Crippen LogP contribution in [0.15, 0.2) is 18.2 Å². The van der Waals surface area contributed by atoms with Crippen molar-refractivity contribution in [3.8, 4) is 5.75 Å². The van der Waals surface area contributed by atoms with E-state index in [0.29, 0.717) is 5.56 Å². The molecule has 4 heteroatoms. The lowest BCUT2D eigenvalue weighted by Gasteiger charge is -2.23. The summed E-state index contributed by atoms with van der Waals surface area (Å²) in [5.74, 6) is -0.414. The molecular formula is C11H14F2O2. The molecule has 15 heavy (non-hydrogen) atoms. The van der Waals surface area contributed by atoms with Crippen LogP contribution in [0.25, 0.3) is 0 Å². The third-order valence-corrected chi connectivity index (χ3v) is 2.44. The number of rotatable bonds is 3. The predicted octanol–water partition coefficient (Wildman–Crippen LogP) is 2.60. The van der Waals surface area contributed by atoms with E-state index in [1.807, 2.05) is 0 Å². The largest absolute Gasteiger partial charge is 0.507 e. The van der Waals surface area contributed by atoms with E-state index in [1.165, 1.54) is 18.2 Å². The minimum Gasteiger partial charge on any atom is -0.507 e. The first kappa shape index (κ1) is 11.9. The van der Waals surface area contributed by atoms with E-state index in [1.54, 1.807) is 13.8 Å². The SMILES string of the molecule is CC(C)(CO)c1ccc(O)c(C(F)F)c1. The molecule has 1 aromatic carbocycles. The lowest BCUT2D eigenvalue weighted by Crippen LogP contribution is -2.22. The van der Waals surface area contributed by atoms with Crippen LogP contribution >= 0.6 is 0 Å². The molecule has 1 aromatic rings. The Hall–Kier alpha value is -1.16. The van der Waals surface area contributed by atoms with Gasteiger partial charge < -0.3 is 10.2 Å². The highest BCUT2D eigenvalue weighted by molar-refractivity contribution is 5.39. The summed E-state index contributed by atoms with van der Waals surface area (Å²) >= 11 is 0. The summed E-state index contributed by atoms with van der Waals surface area (Å²) in [6, 6.07) is 4.00. The van der Waals surface area contributed by atoms with Gasteiger partial charge in [-0.3, -0.25) is 0 Å². The molecule has 84 valence electrons. The third kappa shape index (κ3) is 2.45. The Kier molecular flexibility index (Phi) is 3.29. The zero-order chi connectivity index (χ0) is 11.6. The zero-order valence-corrected chi connectivity index (χ0v) is 8.67. The molecule has 0 radical (unpaired) electrons. The lowest BCUT2D eigenvalue weighted by molar-refractivity contribution is 0.147. The van der Waals surface area contributed by atoms with E-state index in [2.05, 4.69) is 0 Å². The summed E-state index contributed by atoms with van der Waals surface area (Å²) in [7, 11) is 0. The number of hydrogen-bond donors (Lipinski definition) is 2. The van der Waals surface area contributed by atoms with E-state index < -0.39 is 23.2 Å². The van der Waals surface area contributed by atoms with E-state index in [-0.39, 0.29) is 6.61 Å². The summed E-state index contributed by atoms with van der Waals surface area (Å²) in [4.78, 5) is 0. The average Bonchev–Trinajstić information content (AvgIpc) is 2.17. The molecule has 2 nitrogen and oxygen atoms in total. The van der Waals surface area contributed by atoms with Gasteiger partial charge in [0.25, 0.3) is 6.43 Å². The first-order valence-electron chi connectivity index (χ1n) is 4.61. The molecular weight excluding hydrogens is 202 g/mol. The smallest absolute Gasteiger partial charge is 0.267 e. The van der Waals surface area contributed by atoms with Crippen LogP contribution in [0.2, 0.25) is 0 Å². The molecule has 1 rings (SSSR count). The average molecular weight is 216 g/mol. The summed E-state index contributed by atoms with van der Waals surface area (Å²) in [5, 5.41) is 18.3. The highest BCUT2D eigenvalue weighted by Gasteiger charge is 2.22. The number of benzene rings is 1. The summed E-state index contributed by atoms with van der Waals surface area (Å²) in [6.45, 7) is 3.35. The van der Waals surface area contributed by atoms with Crippen LogP contribution in [-0.2, 0) is 5.41 Å². The molecule has 0 bridgehead atoms. The maximum absolute atomic E-state index is 12.5. The molecule has 0 aliphatic carbocycles. The second-order valence-electron chi connectivity index (χ2n) is 4.12. The van der Waals surface area contributed by atoms with Gasteiger partial charge in [-0.05, 0) is 17.7 Å². The van der Waals surface area contributed by atoms with Crippen LogP contribution in [-0.4, -0.2) is 16.8 Å². The highest BCUT2D eigenvalue weighted by atomic mass is 19.3. The van der Waals surface area contributed by atoms with Crippen molar-refractivity contribution in [3.63, 3.8) is 0 Å². The highest BCUT2D eigenvalue weighted by Crippen LogP contribution is 2.32. The Balaban J connectivity index is 3.19. The van der Waals surface area contributed by atoms with Crippen molar-refractivity contribution in [1.82, 2.24) is 0 Å². The van der Waals surface area contributed by atoms with Crippen molar-refractivity contribution in [3.05, 3.63) is 29.3 Å². The molecule has 0 spiro atoms. The summed E-state index contributed by atoms with van der Waals surface area (Å²) < 4.78 is 25.0. The predicted molar refractivity (Wildman–Crippen MR) is 53.2 cm³/mol. The molecule has 0 unspecified atom stereocenters. The van der Waals surface area contributed by atoms with Crippen LogP contribution in [0.1, 0.15) is 31.4 Å². The Morgan fingerprint density at radius 3 is 2.40 bits per heavy atom. The summed E-state index contributed by atoms with van der Waals surface area (Å²) in [6.07, 6.45) is -2.71. The fraction of sp³-hybridized carbons (Fsp3) is 0.455. The topological polar surface area (TPSA) is 40.5 Å². The van der Waals surface area contributed by atoms with Gasteiger partial charge in [0.15, 0.2) is 0 Å². The number of aromatic hydroxyl groups is 1. The number of alkyl halides is 2. The van der Waals surface area contributed by atoms with Gasteiger partial charge in [-0.2, -0.15) is 0 Å². The van der Waals surface area contributed by atoms with Gasteiger partial charge in [0.2, 0.25) is 0 Å². The second-order valence-corrected chi connectivity index (χ2v) is 4.12. The van der Waals surface area contributed by atoms with Crippen LogP contribution < -0.4 is 0 Å². The number of hydrogen-bond acceptors (Lipinski definition) is 2. The van der Waals surface area contributed by atoms with Crippen LogP contribution in [0.3, 0.4) is 0 Å². The van der Waals surface area contributed by atoms with Crippen LogP contribution in [0, 0.1) is 0 Å². The fourth-order valence-corrected chi connectivity index (χ4v) is 1.24. The van der Waals surface area contributed by atoms with Crippen LogP contribution in [0.4, 0.5) is 8.78 Å². The van der Waals surface area contributed by atoms with Gasteiger partial charge in [-0.25, -0.2) is 8.78 Å². The Labute approximate surface area is 87.2 Å². The van der Waals surface area contributed by atoms with Crippen molar-refractivity contribution in [2.75, 3.05) is 6.61 Å². The van der Waals surface area contributed by atoms with Crippen LogP contribution in [0.5, 0.6) is 5.75 Å².